The van der Waals surface area contributed by atoms with Crippen LogP contribution in [0, 0.1) is 0 Å². The van der Waals surface area contributed by atoms with Crippen molar-refractivity contribution in [3.63, 3.8) is 0 Å². The van der Waals surface area contributed by atoms with Crippen LogP contribution in [0.5, 0.6) is 0 Å². The number of benzene rings is 2. The minimum absolute atomic E-state index is 0. The average molecular weight is 470 g/mol. The minimum atomic E-state index is 0. The van der Waals surface area contributed by atoms with Crippen LogP contribution in [0.2, 0.25) is 0 Å². The molecule has 0 aromatic heterocycles. The number of hydrogen-bond donors (Lipinski definition) is 0. The van der Waals surface area contributed by atoms with Crippen molar-refractivity contribution in [3.8, 4) is 0 Å². The maximum Gasteiger partial charge on any atom is 2.00 e. The fourth-order valence-electron chi connectivity index (χ4n) is 4.31. The summed E-state index contributed by atoms with van der Waals surface area (Å²) in [4.78, 5) is 24.1. The zero-order chi connectivity index (χ0) is 21.9. The van der Waals surface area contributed by atoms with Crippen LogP contribution in [-0.2, 0) is 29.9 Å². The first kappa shape index (κ1) is 22.7. The molecule has 0 aliphatic heterocycles. The Morgan fingerprint density at radius 1 is 0.545 bits per heavy atom. The second-order valence-electron chi connectivity index (χ2n) is 8.10. The van der Waals surface area contributed by atoms with Crippen molar-refractivity contribution < 1.29 is 26.7 Å². The second kappa shape index (κ2) is 9.95. The Balaban J connectivity index is 0.000000152. The average Bonchev–Trinajstić information content (AvgIpc) is 3.61. The molecule has 33 heavy (non-hydrogen) atoms. The molecule has 4 aromatic carbocycles. The normalized spacial score (nSPS) is 16.2. The number of Topliss-reactive ketones (excluding diaryl/α,β-unsaturated/α-hetero) is 2. The van der Waals surface area contributed by atoms with Gasteiger partial charge in [-0.25, -0.2) is 0 Å². The molecule has 0 unspecified atom stereocenters. The van der Waals surface area contributed by atoms with Gasteiger partial charge in [0.1, 0.15) is 11.6 Å². The molecule has 0 bridgehead atoms. The molecular weight excluding hydrogens is 448 g/mol. The number of carbonyl (C=O) groups excluding carboxylic acids is 2. The summed E-state index contributed by atoms with van der Waals surface area (Å²) in [6.07, 6.45) is 5.50. The van der Waals surface area contributed by atoms with Crippen molar-refractivity contribution in [2.75, 3.05) is 0 Å². The smallest absolute Gasteiger partial charge is 0.300 e. The SMILES string of the molecule is O=C1C(=C[c-]2cccc2)Cc2ccccc21.O=C1C(=C[c-]2cccc2)Cc2ccccc21.[Fe+2]. The third-order valence-electron chi connectivity index (χ3n) is 5.93. The van der Waals surface area contributed by atoms with E-state index in [0.29, 0.717) is 0 Å². The Morgan fingerprint density at radius 3 is 1.27 bits per heavy atom. The summed E-state index contributed by atoms with van der Waals surface area (Å²) in [6.45, 7) is 0. The predicted molar refractivity (Wildman–Crippen MR) is 129 cm³/mol. The first-order chi connectivity index (χ1) is 15.7. The van der Waals surface area contributed by atoms with Crippen molar-refractivity contribution in [2.45, 2.75) is 12.8 Å². The fraction of sp³-hybridized carbons (Fsp3) is 0.0667. The summed E-state index contributed by atoms with van der Waals surface area (Å²) in [5.74, 6) is 0.355. The van der Waals surface area contributed by atoms with E-state index < -0.39 is 0 Å². The van der Waals surface area contributed by atoms with Crippen LogP contribution < -0.4 is 0 Å². The van der Waals surface area contributed by atoms with E-state index >= 15 is 0 Å². The molecule has 0 radical (unpaired) electrons. The van der Waals surface area contributed by atoms with E-state index in [0.717, 1.165) is 57.4 Å². The van der Waals surface area contributed by atoms with Crippen molar-refractivity contribution in [2.24, 2.45) is 0 Å². The van der Waals surface area contributed by atoms with Crippen molar-refractivity contribution in [1.82, 2.24) is 0 Å². The summed E-state index contributed by atoms with van der Waals surface area (Å²) in [5, 5.41) is 0. The number of fused-ring (bicyclic) bond motifs is 2. The van der Waals surface area contributed by atoms with E-state index in [-0.39, 0.29) is 28.6 Å². The standard InChI is InChI=1S/2C15H11O.Fe/c2*16-15-13(9-11-5-1-2-6-11)10-12-7-3-4-8-14(12)15;/h2*1-9H,10H2;/q2*-1;+2. The third kappa shape index (κ3) is 4.80. The number of hydrogen-bond acceptors (Lipinski definition) is 2. The van der Waals surface area contributed by atoms with E-state index in [9.17, 15) is 9.59 Å². The van der Waals surface area contributed by atoms with Gasteiger partial charge in [0.15, 0.2) is 0 Å². The van der Waals surface area contributed by atoms with Crippen molar-refractivity contribution in [3.05, 3.63) is 142 Å². The van der Waals surface area contributed by atoms with Crippen LogP contribution in [0.25, 0.3) is 12.2 Å². The topological polar surface area (TPSA) is 34.1 Å². The number of ketones is 2. The van der Waals surface area contributed by atoms with Crippen LogP contribution in [-0.4, -0.2) is 11.6 Å². The van der Waals surface area contributed by atoms with Gasteiger partial charge in [0.25, 0.3) is 0 Å². The molecule has 2 nitrogen and oxygen atoms in total. The molecule has 0 amide bonds. The largest absolute Gasteiger partial charge is 2.00 e. The van der Waals surface area contributed by atoms with Gasteiger partial charge >= 0.3 is 17.1 Å². The van der Waals surface area contributed by atoms with Gasteiger partial charge in [-0.3, -0.25) is 0 Å². The molecule has 2 aliphatic carbocycles. The van der Waals surface area contributed by atoms with E-state index in [1.165, 1.54) is 0 Å². The van der Waals surface area contributed by atoms with Gasteiger partial charge in [-0.05, 0) is 24.0 Å². The van der Waals surface area contributed by atoms with Gasteiger partial charge in [0.2, 0.25) is 0 Å². The Hall–Kier alpha value is -3.52. The van der Waals surface area contributed by atoms with Gasteiger partial charge in [0.05, 0.1) is 0 Å². The summed E-state index contributed by atoms with van der Waals surface area (Å²) in [6, 6.07) is 31.7. The van der Waals surface area contributed by atoms with Gasteiger partial charge in [-0.15, -0.1) is 47.5 Å². The summed E-state index contributed by atoms with van der Waals surface area (Å²) >= 11 is 0. The number of allylic oxidation sites excluding steroid dienone is 2. The van der Waals surface area contributed by atoms with Crippen LogP contribution in [0.3, 0.4) is 0 Å². The van der Waals surface area contributed by atoms with Gasteiger partial charge in [-0.2, -0.15) is 24.3 Å². The fourth-order valence-corrected chi connectivity index (χ4v) is 4.31. The molecule has 0 saturated carbocycles. The Kier molecular flexibility index (Phi) is 6.84. The molecule has 0 N–H and O–H groups in total. The van der Waals surface area contributed by atoms with Crippen LogP contribution >= 0.6 is 0 Å². The van der Waals surface area contributed by atoms with E-state index in [2.05, 4.69) is 0 Å². The zero-order valence-corrected chi connectivity index (χ0v) is 19.1. The molecule has 0 saturated heterocycles. The van der Waals surface area contributed by atoms with Gasteiger partial charge in [-0.1, -0.05) is 59.7 Å². The molecule has 0 fully saturated rings. The third-order valence-corrected chi connectivity index (χ3v) is 5.93. The Labute approximate surface area is 204 Å². The van der Waals surface area contributed by atoms with Crippen LogP contribution in [0.15, 0.2) is 108 Å². The first-order valence-electron chi connectivity index (χ1n) is 10.8. The number of rotatable bonds is 2. The van der Waals surface area contributed by atoms with Crippen molar-refractivity contribution >= 4 is 23.7 Å². The van der Waals surface area contributed by atoms with Crippen LogP contribution in [0.1, 0.15) is 43.0 Å². The molecule has 3 heteroatoms. The molecule has 162 valence electrons. The van der Waals surface area contributed by atoms with Crippen LogP contribution in [0.4, 0.5) is 0 Å². The Morgan fingerprint density at radius 2 is 0.909 bits per heavy atom. The molecule has 0 heterocycles. The van der Waals surface area contributed by atoms with Gasteiger partial charge in [0, 0.05) is 11.1 Å². The monoisotopic (exact) mass is 470 g/mol. The minimum Gasteiger partial charge on any atom is -0.300 e. The molecule has 0 spiro atoms. The first-order valence-corrected chi connectivity index (χ1v) is 10.8. The maximum atomic E-state index is 12.1. The summed E-state index contributed by atoms with van der Waals surface area (Å²) in [7, 11) is 0. The zero-order valence-electron chi connectivity index (χ0n) is 18.0. The van der Waals surface area contributed by atoms with E-state index in [4.69, 9.17) is 0 Å². The summed E-state index contributed by atoms with van der Waals surface area (Å²) < 4.78 is 0. The summed E-state index contributed by atoms with van der Waals surface area (Å²) in [5.41, 5.74) is 8.02. The second-order valence-corrected chi connectivity index (χ2v) is 8.10. The van der Waals surface area contributed by atoms with E-state index in [1.54, 1.807) is 0 Å². The van der Waals surface area contributed by atoms with Crippen molar-refractivity contribution in [1.29, 1.82) is 0 Å². The molecular formula is C30H22FeO2. The molecule has 2 aliphatic rings. The van der Waals surface area contributed by atoms with E-state index in [1.807, 2.05) is 109 Å². The van der Waals surface area contributed by atoms with Gasteiger partial charge < -0.3 is 9.59 Å². The quantitative estimate of drug-likeness (QED) is 0.192. The maximum absolute atomic E-state index is 12.1. The molecule has 6 rings (SSSR count). The Bertz CT molecular complexity index is 1230. The molecule has 0 atom stereocenters. The number of carbonyl (C=O) groups is 2. The predicted octanol–water partition coefficient (Wildman–Crippen LogP) is 6.45. The molecule has 4 aromatic rings.